The van der Waals surface area contributed by atoms with E-state index in [1.54, 1.807) is 24.3 Å². The van der Waals surface area contributed by atoms with Crippen LogP contribution in [0.2, 0.25) is 0 Å². The molecule has 0 saturated carbocycles. The van der Waals surface area contributed by atoms with Crippen LogP contribution in [0.4, 0.5) is 5.69 Å². The van der Waals surface area contributed by atoms with Crippen LogP contribution < -0.4 is 5.32 Å². The molecule has 5 nitrogen and oxygen atoms in total. The van der Waals surface area contributed by atoms with Crippen molar-refractivity contribution in [3.05, 3.63) is 29.8 Å². The van der Waals surface area contributed by atoms with Gasteiger partial charge in [-0.25, -0.2) is 0 Å². The second-order valence-corrected chi connectivity index (χ2v) is 3.43. The summed E-state index contributed by atoms with van der Waals surface area (Å²) in [4.78, 5) is 22.2. The summed E-state index contributed by atoms with van der Waals surface area (Å²) in [6.45, 7) is 2.71. The average Bonchev–Trinajstić information content (AvgIpc) is 2.28. The van der Waals surface area contributed by atoms with Crippen LogP contribution in [0.5, 0.6) is 0 Å². The molecule has 0 bridgehead atoms. The number of benzene rings is 1. The zero-order chi connectivity index (χ0) is 12.8. The summed E-state index contributed by atoms with van der Waals surface area (Å²) in [6.07, 6.45) is -0.863. The Morgan fingerprint density at radius 3 is 2.76 bits per heavy atom. The number of amides is 1. The quantitative estimate of drug-likeness (QED) is 0.800. The van der Waals surface area contributed by atoms with Crippen molar-refractivity contribution >= 4 is 17.6 Å². The lowest BCUT2D eigenvalue weighted by Gasteiger charge is -2.12. The van der Waals surface area contributed by atoms with E-state index in [1.807, 2.05) is 6.07 Å². The summed E-state index contributed by atoms with van der Waals surface area (Å²) in [5.41, 5.74) is 0.941. The van der Waals surface area contributed by atoms with E-state index in [2.05, 4.69) is 5.32 Å². The van der Waals surface area contributed by atoms with Crippen molar-refractivity contribution in [2.24, 2.45) is 0 Å². The normalized spacial score (nSPS) is 11.1. The number of anilines is 1. The number of esters is 1. The number of carbonyl (C=O) groups is 2. The van der Waals surface area contributed by atoms with Crippen molar-refractivity contribution in [2.45, 2.75) is 20.0 Å². The molecule has 0 heterocycles. The highest BCUT2D eigenvalue weighted by molar-refractivity contribution is 5.95. The third-order valence-electron chi connectivity index (χ3n) is 1.97. The smallest absolute Gasteiger partial charge is 0.303 e. The van der Waals surface area contributed by atoms with Crippen molar-refractivity contribution in [3.8, 4) is 6.07 Å². The van der Waals surface area contributed by atoms with E-state index >= 15 is 0 Å². The number of nitrogens with zero attached hydrogens (tertiary/aromatic N) is 1. The number of rotatable bonds is 3. The molecule has 5 heteroatoms. The van der Waals surface area contributed by atoms with Gasteiger partial charge in [-0.3, -0.25) is 9.59 Å². The largest absolute Gasteiger partial charge is 0.453 e. The second-order valence-electron chi connectivity index (χ2n) is 3.43. The minimum absolute atomic E-state index is 0.435. The first kappa shape index (κ1) is 12.7. The van der Waals surface area contributed by atoms with Gasteiger partial charge in [-0.2, -0.15) is 5.26 Å². The van der Waals surface area contributed by atoms with E-state index in [1.165, 1.54) is 13.8 Å². The van der Waals surface area contributed by atoms with Gasteiger partial charge in [0, 0.05) is 12.6 Å². The Hall–Kier alpha value is -2.35. The molecular weight excluding hydrogens is 220 g/mol. The van der Waals surface area contributed by atoms with E-state index in [4.69, 9.17) is 10.00 Å². The summed E-state index contributed by atoms with van der Waals surface area (Å²) in [5.74, 6) is -0.950. The van der Waals surface area contributed by atoms with Crippen molar-refractivity contribution in [3.63, 3.8) is 0 Å². The zero-order valence-corrected chi connectivity index (χ0v) is 9.56. The number of ether oxygens (including phenoxy) is 1. The lowest BCUT2D eigenvalue weighted by Crippen LogP contribution is -2.29. The number of hydrogen-bond donors (Lipinski definition) is 1. The van der Waals surface area contributed by atoms with Gasteiger partial charge in [0.15, 0.2) is 6.10 Å². The van der Waals surface area contributed by atoms with E-state index in [9.17, 15) is 9.59 Å². The number of hydrogen-bond acceptors (Lipinski definition) is 4. The molecule has 1 atom stereocenters. The molecule has 0 saturated heterocycles. The van der Waals surface area contributed by atoms with Gasteiger partial charge in [0.2, 0.25) is 0 Å². The van der Waals surface area contributed by atoms with Gasteiger partial charge in [-0.1, -0.05) is 6.07 Å². The highest BCUT2D eigenvalue weighted by Crippen LogP contribution is 2.10. The molecule has 1 aromatic carbocycles. The van der Waals surface area contributed by atoms with Gasteiger partial charge in [0.05, 0.1) is 11.6 Å². The van der Waals surface area contributed by atoms with Crippen LogP contribution in [-0.2, 0) is 14.3 Å². The third-order valence-corrected chi connectivity index (χ3v) is 1.97. The monoisotopic (exact) mass is 232 g/mol. The SMILES string of the molecule is CC(=O)O[C@H](C)C(=O)Nc1cccc(C#N)c1. The van der Waals surface area contributed by atoms with Crippen molar-refractivity contribution in [1.82, 2.24) is 0 Å². The fourth-order valence-electron chi connectivity index (χ4n) is 1.21. The first-order chi connectivity index (χ1) is 8.02. The molecule has 88 valence electrons. The van der Waals surface area contributed by atoms with Gasteiger partial charge in [-0.15, -0.1) is 0 Å². The van der Waals surface area contributed by atoms with Crippen LogP contribution in [0.3, 0.4) is 0 Å². The molecule has 0 aromatic heterocycles. The van der Waals surface area contributed by atoms with Crippen LogP contribution in [0, 0.1) is 11.3 Å². The third kappa shape index (κ3) is 3.95. The summed E-state index contributed by atoms with van der Waals surface area (Å²) < 4.78 is 4.72. The average molecular weight is 232 g/mol. The Kier molecular flexibility index (Phi) is 4.23. The molecule has 0 aliphatic carbocycles. The van der Waals surface area contributed by atoms with Gasteiger partial charge in [0.1, 0.15) is 0 Å². The highest BCUT2D eigenvalue weighted by Gasteiger charge is 2.15. The van der Waals surface area contributed by atoms with Crippen molar-refractivity contribution in [2.75, 3.05) is 5.32 Å². The molecule has 0 radical (unpaired) electrons. The minimum atomic E-state index is -0.863. The van der Waals surface area contributed by atoms with Crippen LogP contribution in [0.1, 0.15) is 19.4 Å². The molecular formula is C12H12N2O3. The van der Waals surface area contributed by atoms with Crippen molar-refractivity contribution < 1.29 is 14.3 Å². The molecule has 1 amide bonds. The molecule has 1 aromatic rings. The number of carbonyl (C=O) groups excluding carboxylic acids is 2. The maximum Gasteiger partial charge on any atom is 0.303 e. The van der Waals surface area contributed by atoms with Crippen LogP contribution in [0.25, 0.3) is 0 Å². The van der Waals surface area contributed by atoms with Crippen LogP contribution >= 0.6 is 0 Å². The molecule has 17 heavy (non-hydrogen) atoms. The van der Waals surface area contributed by atoms with Gasteiger partial charge in [0.25, 0.3) is 5.91 Å². The number of nitrogens with one attached hydrogen (secondary N) is 1. The molecule has 0 unspecified atom stereocenters. The molecule has 1 rings (SSSR count). The summed E-state index contributed by atoms with van der Waals surface area (Å²) in [7, 11) is 0. The maximum atomic E-state index is 11.6. The first-order valence-electron chi connectivity index (χ1n) is 5.01. The Morgan fingerprint density at radius 1 is 1.47 bits per heavy atom. The van der Waals surface area contributed by atoms with Gasteiger partial charge in [-0.05, 0) is 25.1 Å². The predicted molar refractivity (Wildman–Crippen MR) is 61.0 cm³/mol. The lowest BCUT2D eigenvalue weighted by molar-refractivity contribution is -0.150. The maximum absolute atomic E-state index is 11.6. The van der Waals surface area contributed by atoms with Crippen LogP contribution in [0.15, 0.2) is 24.3 Å². The Morgan fingerprint density at radius 2 is 2.18 bits per heavy atom. The zero-order valence-electron chi connectivity index (χ0n) is 9.56. The van der Waals surface area contributed by atoms with Gasteiger partial charge >= 0.3 is 5.97 Å². The second kappa shape index (κ2) is 5.66. The van der Waals surface area contributed by atoms with E-state index in [0.29, 0.717) is 11.3 Å². The van der Waals surface area contributed by atoms with E-state index in [0.717, 1.165) is 0 Å². The minimum Gasteiger partial charge on any atom is -0.453 e. The molecule has 0 spiro atoms. The van der Waals surface area contributed by atoms with E-state index in [-0.39, 0.29) is 0 Å². The topological polar surface area (TPSA) is 79.2 Å². The van der Waals surface area contributed by atoms with Crippen LogP contribution in [-0.4, -0.2) is 18.0 Å². The Labute approximate surface area is 99.0 Å². The lowest BCUT2D eigenvalue weighted by atomic mass is 10.2. The summed E-state index contributed by atoms with van der Waals surface area (Å²) in [6, 6.07) is 8.44. The summed E-state index contributed by atoms with van der Waals surface area (Å²) in [5, 5.41) is 11.2. The van der Waals surface area contributed by atoms with E-state index < -0.39 is 18.0 Å². The standard InChI is InChI=1S/C12H12N2O3/c1-8(17-9(2)15)12(16)14-11-5-3-4-10(6-11)7-13/h3-6,8H,1-2H3,(H,14,16)/t8-/m1/s1. The van der Waals surface area contributed by atoms with Crippen molar-refractivity contribution in [1.29, 1.82) is 5.26 Å². The Balaban J connectivity index is 2.68. The Bertz CT molecular complexity index is 477. The van der Waals surface area contributed by atoms with Gasteiger partial charge < -0.3 is 10.1 Å². The fourth-order valence-corrected chi connectivity index (χ4v) is 1.21. The molecule has 0 fully saturated rings. The first-order valence-corrected chi connectivity index (χ1v) is 5.01. The highest BCUT2D eigenvalue weighted by atomic mass is 16.5. The molecule has 1 N–H and O–H groups in total. The summed E-state index contributed by atoms with van der Waals surface area (Å²) >= 11 is 0. The molecule has 0 aliphatic rings. The fraction of sp³-hybridized carbons (Fsp3) is 0.250. The number of nitriles is 1. The predicted octanol–water partition coefficient (Wildman–Crippen LogP) is 1.45. The molecule has 0 aliphatic heterocycles.